The van der Waals surface area contributed by atoms with Gasteiger partial charge in [-0.3, -0.25) is 4.79 Å². The van der Waals surface area contributed by atoms with Crippen molar-refractivity contribution in [3.63, 3.8) is 0 Å². The fraction of sp³-hybridized carbons (Fsp3) is 0.611. The van der Waals surface area contributed by atoms with E-state index in [0.717, 1.165) is 18.5 Å². The van der Waals surface area contributed by atoms with Gasteiger partial charge in [0.1, 0.15) is 0 Å². The maximum atomic E-state index is 12.5. The molecule has 3 rings (SSSR count). The van der Waals surface area contributed by atoms with E-state index in [0.29, 0.717) is 17.9 Å². The van der Waals surface area contributed by atoms with Gasteiger partial charge in [0.15, 0.2) is 0 Å². The summed E-state index contributed by atoms with van der Waals surface area (Å²) >= 11 is 0. The summed E-state index contributed by atoms with van der Waals surface area (Å²) in [6.07, 6.45) is 5.62. The van der Waals surface area contributed by atoms with E-state index >= 15 is 0 Å². The maximum absolute atomic E-state index is 12.5. The van der Waals surface area contributed by atoms with Gasteiger partial charge < -0.3 is 11.1 Å². The Balaban J connectivity index is 1.67. The van der Waals surface area contributed by atoms with Crippen LogP contribution < -0.4 is 11.1 Å². The normalized spacial score (nSPS) is 31.8. The standard InChI is InChI=1S/C18H26N2O/c1-11-6-7-16(8-12(11)2)20-18(21)15-9-13-4-3-5-14(10-15)17(13)19/h6-8,13-15,17H,3-5,9-10,19H2,1-2H3,(H,20,21). The third kappa shape index (κ3) is 2.98. The number of aryl methyl sites for hydroxylation is 2. The van der Waals surface area contributed by atoms with Gasteiger partial charge in [-0.2, -0.15) is 0 Å². The lowest BCUT2D eigenvalue weighted by atomic mass is 9.65. The van der Waals surface area contributed by atoms with Crippen molar-refractivity contribution in [1.82, 2.24) is 0 Å². The average Bonchev–Trinajstić information content (AvgIpc) is 2.42. The Morgan fingerprint density at radius 3 is 2.43 bits per heavy atom. The molecule has 0 aromatic heterocycles. The van der Waals surface area contributed by atoms with Crippen LogP contribution in [0.4, 0.5) is 5.69 Å². The van der Waals surface area contributed by atoms with E-state index in [1.807, 2.05) is 6.07 Å². The Morgan fingerprint density at radius 2 is 1.81 bits per heavy atom. The first-order chi connectivity index (χ1) is 10.0. The molecule has 0 saturated heterocycles. The van der Waals surface area contributed by atoms with Crippen molar-refractivity contribution < 1.29 is 4.79 Å². The van der Waals surface area contributed by atoms with Gasteiger partial charge in [0.05, 0.1) is 0 Å². The van der Waals surface area contributed by atoms with Crippen LogP contribution in [0.15, 0.2) is 18.2 Å². The number of fused-ring (bicyclic) bond motifs is 2. The van der Waals surface area contributed by atoms with Gasteiger partial charge in [-0.1, -0.05) is 12.5 Å². The van der Waals surface area contributed by atoms with Crippen LogP contribution in [0.3, 0.4) is 0 Å². The van der Waals surface area contributed by atoms with E-state index in [1.54, 1.807) is 0 Å². The summed E-state index contributed by atoms with van der Waals surface area (Å²) in [6, 6.07) is 6.44. The van der Waals surface area contributed by atoms with Crippen LogP contribution in [0.2, 0.25) is 0 Å². The molecule has 2 atom stereocenters. The summed E-state index contributed by atoms with van der Waals surface area (Å²) in [5.74, 6) is 1.42. The molecule has 2 fully saturated rings. The second kappa shape index (κ2) is 5.80. The second-order valence-electron chi connectivity index (χ2n) is 6.99. The largest absolute Gasteiger partial charge is 0.327 e. The summed E-state index contributed by atoms with van der Waals surface area (Å²) < 4.78 is 0. The molecule has 0 spiro atoms. The molecule has 1 aromatic carbocycles. The van der Waals surface area contributed by atoms with Crippen LogP contribution in [0.25, 0.3) is 0 Å². The van der Waals surface area contributed by atoms with Gasteiger partial charge in [-0.15, -0.1) is 0 Å². The summed E-state index contributed by atoms with van der Waals surface area (Å²) in [4.78, 5) is 12.5. The number of carbonyl (C=O) groups is 1. The molecule has 0 radical (unpaired) electrons. The lowest BCUT2D eigenvalue weighted by Gasteiger charge is -2.43. The highest BCUT2D eigenvalue weighted by Gasteiger charge is 2.40. The molecule has 2 aliphatic rings. The molecule has 3 nitrogen and oxygen atoms in total. The summed E-state index contributed by atoms with van der Waals surface area (Å²) in [6.45, 7) is 4.17. The Hall–Kier alpha value is -1.35. The average molecular weight is 286 g/mol. The van der Waals surface area contributed by atoms with Crippen molar-refractivity contribution in [2.24, 2.45) is 23.5 Å². The van der Waals surface area contributed by atoms with Gasteiger partial charge in [0.25, 0.3) is 0 Å². The minimum Gasteiger partial charge on any atom is -0.327 e. The minimum atomic E-state index is 0.140. The first-order valence-corrected chi connectivity index (χ1v) is 8.18. The Morgan fingerprint density at radius 1 is 1.14 bits per heavy atom. The van der Waals surface area contributed by atoms with E-state index in [4.69, 9.17) is 5.73 Å². The van der Waals surface area contributed by atoms with Crippen LogP contribution in [-0.4, -0.2) is 11.9 Å². The molecule has 3 heteroatoms. The molecule has 2 saturated carbocycles. The highest BCUT2D eigenvalue weighted by atomic mass is 16.1. The lowest BCUT2D eigenvalue weighted by molar-refractivity contribution is -0.122. The van der Waals surface area contributed by atoms with Gasteiger partial charge in [-0.05, 0) is 74.6 Å². The number of rotatable bonds is 2. The Labute approximate surface area is 127 Å². The number of hydrogen-bond acceptors (Lipinski definition) is 2. The predicted molar refractivity (Wildman–Crippen MR) is 86.1 cm³/mol. The van der Waals surface area contributed by atoms with Crippen molar-refractivity contribution in [2.75, 3.05) is 5.32 Å². The third-order valence-corrected chi connectivity index (χ3v) is 5.56. The molecular weight excluding hydrogens is 260 g/mol. The summed E-state index contributed by atoms with van der Waals surface area (Å²) in [7, 11) is 0. The van der Waals surface area contributed by atoms with Gasteiger partial charge in [0, 0.05) is 17.6 Å². The highest BCUT2D eigenvalue weighted by Crippen LogP contribution is 2.42. The van der Waals surface area contributed by atoms with Crippen molar-refractivity contribution in [2.45, 2.75) is 52.0 Å². The maximum Gasteiger partial charge on any atom is 0.227 e. The lowest BCUT2D eigenvalue weighted by Crippen LogP contribution is -2.48. The predicted octanol–water partition coefficient (Wildman–Crippen LogP) is 3.40. The smallest absolute Gasteiger partial charge is 0.227 e. The molecule has 3 N–H and O–H groups in total. The molecule has 1 aromatic rings. The fourth-order valence-electron chi connectivity index (χ4n) is 4.07. The van der Waals surface area contributed by atoms with Gasteiger partial charge in [0.2, 0.25) is 5.91 Å². The number of nitrogens with two attached hydrogens (primary N) is 1. The monoisotopic (exact) mass is 286 g/mol. The van der Waals surface area contributed by atoms with Gasteiger partial charge in [-0.25, -0.2) is 0 Å². The molecular formula is C18H26N2O. The topological polar surface area (TPSA) is 55.1 Å². The summed E-state index contributed by atoms with van der Waals surface area (Å²) in [5.41, 5.74) is 9.70. The molecule has 114 valence electrons. The Bertz CT molecular complexity index is 526. The zero-order valence-corrected chi connectivity index (χ0v) is 13.1. The Kier molecular flexibility index (Phi) is 4.03. The summed E-state index contributed by atoms with van der Waals surface area (Å²) in [5, 5.41) is 3.10. The van der Waals surface area contributed by atoms with E-state index in [2.05, 4.69) is 31.3 Å². The first kappa shape index (κ1) is 14.6. The minimum absolute atomic E-state index is 0.140. The third-order valence-electron chi connectivity index (χ3n) is 5.56. The molecule has 0 aliphatic heterocycles. The van der Waals surface area contributed by atoms with Crippen molar-refractivity contribution >= 4 is 11.6 Å². The number of carbonyl (C=O) groups excluding carboxylic acids is 1. The molecule has 0 heterocycles. The molecule has 2 aliphatic carbocycles. The van der Waals surface area contributed by atoms with Crippen molar-refractivity contribution in [3.05, 3.63) is 29.3 Å². The molecule has 2 bridgehead atoms. The second-order valence-corrected chi connectivity index (χ2v) is 6.99. The molecule has 1 amide bonds. The van der Waals surface area contributed by atoms with E-state index < -0.39 is 0 Å². The van der Waals surface area contributed by atoms with Crippen LogP contribution in [-0.2, 0) is 4.79 Å². The zero-order chi connectivity index (χ0) is 15.0. The quantitative estimate of drug-likeness (QED) is 0.875. The number of hydrogen-bond donors (Lipinski definition) is 2. The number of benzene rings is 1. The zero-order valence-electron chi connectivity index (χ0n) is 13.1. The van der Waals surface area contributed by atoms with E-state index in [-0.39, 0.29) is 11.8 Å². The van der Waals surface area contributed by atoms with Crippen LogP contribution in [0.5, 0.6) is 0 Å². The van der Waals surface area contributed by atoms with Crippen LogP contribution in [0.1, 0.15) is 43.2 Å². The van der Waals surface area contributed by atoms with E-state index in [9.17, 15) is 4.79 Å². The van der Waals surface area contributed by atoms with Crippen molar-refractivity contribution in [3.8, 4) is 0 Å². The van der Waals surface area contributed by atoms with E-state index in [1.165, 1.54) is 30.4 Å². The van der Waals surface area contributed by atoms with Crippen molar-refractivity contribution in [1.29, 1.82) is 0 Å². The SMILES string of the molecule is Cc1ccc(NC(=O)C2CC3CCCC(C2)C3N)cc1C. The van der Waals surface area contributed by atoms with Crippen LogP contribution in [0, 0.1) is 31.6 Å². The highest BCUT2D eigenvalue weighted by molar-refractivity contribution is 5.92. The number of amides is 1. The molecule has 2 unspecified atom stereocenters. The number of nitrogens with one attached hydrogen (secondary N) is 1. The fourth-order valence-corrected chi connectivity index (χ4v) is 4.07. The first-order valence-electron chi connectivity index (χ1n) is 8.18. The molecule has 21 heavy (non-hydrogen) atoms. The van der Waals surface area contributed by atoms with Gasteiger partial charge >= 0.3 is 0 Å². The number of anilines is 1. The van der Waals surface area contributed by atoms with Crippen LogP contribution >= 0.6 is 0 Å².